The van der Waals surface area contributed by atoms with Crippen LogP contribution in [0.1, 0.15) is 11.8 Å². The highest BCUT2D eigenvalue weighted by Gasteiger charge is 2.44. The van der Waals surface area contributed by atoms with Crippen LogP contribution >= 0.6 is 12.4 Å². The highest BCUT2D eigenvalue weighted by molar-refractivity contribution is 5.85. The largest absolute Gasteiger partial charge is 0.463 e. The van der Waals surface area contributed by atoms with Gasteiger partial charge in [-0.15, -0.1) is 12.4 Å². The zero-order valence-corrected chi connectivity index (χ0v) is 15.0. The van der Waals surface area contributed by atoms with Gasteiger partial charge in [0.15, 0.2) is 6.23 Å². The first kappa shape index (κ1) is 20.8. The smallest absolute Gasteiger partial charge is 0.351 e. The van der Waals surface area contributed by atoms with Crippen LogP contribution in [0.25, 0.3) is 0 Å². The second-order valence-corrected chi connectivity index (χ2v) is 5.93. The van der Waals surface area contributed by atoms with Gasteiger partial charge in [0.2, 0.25) is 0 Å². The van der Waals surface area contributed by atoms with Crippen molar-refractivity contribution in [3.63, 3.8) is 0 Å². The summed E-state index contributed by atoms with van der Waals surface area (Å²) in [6, 6.07) is 10.4. The molecule has 0 saturated carbocycles. The minimum absolute atomic E-state index is 0. The fraction of sp³-hybridized carbons (Fsp3) is 0.353. The number of esters is 1. The lowest BCUT2D eigenvalue weighted by molar-refractivity contribution is -0.149. The SMILES string of the molecule is Cl.Nc1ccn([C@@H]2O[C@H](COC(=O)Cc3ccccc3)[C@@H](O)[C@@H]2O)c(=O)n1. The second kappa shape index (κ2) is 8.96. The van der Waals surface area contributed by atoms with Gasteiger partial charge in [-0.25, -0.2) is 4.79 Å². The average Bonchev–Trinajstić information content (AvgIpc) is 2.89. The summed E-state index contributed by atoms with van der Waals surface area (Å²) < 4.78 is 11.6. The van der Waals surface area contributed by atoms with E-state index >= 15 is 0 Å². The third kappa shape index (κ3) is 4.83. The fourth-order valence-corrected chi connectivity index (χ4v) is 2.70. The molecule has 0 aliphatic carbocycles. The molecule has 0 spiro atoms. The maximum absolute atomic E-state index is 11.9. The second-order valence-electron chi connectivity index (χ2n) is 5.93. The highest BCUT2D eigenvalue weighted by atomic mass is 35.5. The summed E-state index contributed by atoms with van der Waals surface area (Å²) in [6.45, 7) is -0.252. The van der Waals surface area contributed by atoms with E-state index in [9.17, 15) is 19.8 Å². The first-order valence-corrected chi connectivity index (χ1v) is 8.01. The van der Waals surface area contributed by atoms with Crippen LogP contribution in [0.5, 0.6) is 0 Å². The summed E-state index contributed by atoms with van der Waals surface area (Å²) in [5.74, 6) is -0.457. The zero-order chi connectivity index (χ0) is 18.7. The minimum atomic E-state index is -1.38. The van der Waals surface area contributed by atoms with E-state index in [0.717, 1.165) is 10.1 Å². The molecule has 3 rings (SSSR count). The van der Waals surface area contributed by atoms with Crippen LogP contribution in [0, 0.1) is 0 Å². The summed E-state index contributed by atoms with van der Waals surface area (Å²) in [4.78, 5) is 27.3. The molecule has 27 heavy (non-hydrogen) atoms. The number of hydrogen-bond donors (Lipinski definition) is 3. The van der Waals surface area contributed by atoms with E-state index < -0.39 is 36.2 Å². The van der Waals surface area contributed by atoms with E-state index in [4.69, 9.17) is 15.2 Å². The summed E-state index contributed by atoms with van der Waals surface area (Å²) in [7, 11) is 0. The van der Waals surface area contributed by atoms with E-state index in [1.165, 1.54) is 12.3 Å². The third-order valence-corrected chi connectivity index (χ3v) is 4.06. The maximum atomic E-state index is 11.9. The number of benzene rings is 1. The van der Waals surface area contributed by atoms with Gasteiger partial charge >= 0.3 is 11.7 Å². The molecule has 1 saturated heterocycles. The van der Waals surface area contributed by atoms with Crippen LogP contribution in [0.15, 0.2) is 47.4 Å². The quantitative estimate of drug-likeness (QED) is 0.582. The molecule has 0 bridgehead atoms. The first-order valence-electron chi connectivity index (χ1n) is 8.01. The lowest BCUT2D eigenvalue weighted by Crippen LogP contribution is -2.36. The number of nitrogens with two attached hydrogens (primary N) is 1. The van der Waals surface area contributed by atoms with Crippen molar-refractivity contribution in [3.05, 3.63) is 58.6 Å². The molecular weight excluding hydrogens is 378 g/mol. The topological polar surface area (TPSA) is 137 Å². The van der Waals surface area contributed by atoms with E-state index in [0.29, 0.717) is 0 Å². The molecule has 2 heterocycles. The van der Waals surface area contributed by atoms with Crippen molar-refractivity contribution in [2.75, 3.05) is 12.3 Å². The van der Waals surface area contributed by atoms with Gasteiger partial charge in [-0.1, -0.05) is 30.3 Å². The van der Waals surface area contributed by atoms with Crippen molar-refractivity contribution in [3.8, 4) is 0 Å². The predicted molar refractivity (Wildman–Crippen MR) is 97.2 cm³/mol. The average molecular weight is 398 g/mol. The Bertz CT molecular complexity index is 831. The van der Waals surface area contributed by atoms with Gasteiger partial charge < -0.3 is 25.4 Å². The van der Waals surface area contributed by atoms with Gasteiger partial charge in [-0.3, -0.25) is 9.36 Å². The van der Waals surface area contributed by atoms with Crippen molar-refractivity contribution in [2.45, 2.75) is 31.0 Å². The summed E-state index contributed by atoms with van der Waals surface area (Å²) in [6.07, 6.45) is -3.43. The van der Waals surface area contributed by atoms with Crippen LogP contribution in [0.3, 0.4) is 0 Å². The van der Waals surface area contributed by atoms with Gasteiger partial charge in [0.25, 0.3) is 0 Å². The Morgan fingerprint density at radius 2 is 1.93 bits per heavy atom. The molecule has 146 valence electrons. The third-order valence-electron chi connectivity index (χ3n) is 4.06. The van der Waals surface area contributed by atoms with Crippen molar-refractivity contribution in [2.24, 2.45) is 0 Å². The molecule has 0 radical (unpaired) electrons. The Hall–Kier alpha value is -2.46. The molecule has 2 aromatic rings. The maximum Gasteiger partial charge on any atom is 0.351 e. The molecule has 1 aromatic carbocycles. The molecular formula is C17H20ClN3O6. The molecule has 1 aliphatic heterocycles. The number of ether oxygens (including phenoxy) is 2. The van der Waals surface area contributed by atoms with E-state index in [1.54, 1.807) is 12.1 Å². The molecule has 10 heteroatoms. The number of halogens is 1. The van der Waals surface area contributed by atoms with Crippen LogP contribution in [0.4, 0.5) is 5.82 Å². The van der Waals surface area contributed by atoms with Crippen LogP contribution in [0.2, 0.25) is 0 Å². The highest BCUT2D eigenvalue weighted by Crippen LogP contribution is 2.28. The number of carbonyl (C=O) groups is 1. The minimum Gasteiger partial charge on any atom is -0.463 e. The number of aromatic nitrogens is 2. The molecule has 1 aromatic heterocycles. The van der Waals surface area contributed by atoms with Gasteiger partial charge in [0.05, 0.1) is 6.42 Å². The number of anilines is 1. The number of rotatable bonds is 5. The summed E-state index contributed by atoms with van der Waals surface area (Å²) in [5.41, 5.74) is 5.50. The molecule has 0 unspecified atom stereocenters. The van der Waals surface area contributed by atoms with Crippen LogP contribution in [-0.4, -0.2) is 50.7 Å². The number of carbonyl (C=O) groups excluding carboxylic acids is 1. The molecule has 4 atom stereocenters. The lowest BCUT2D eigenvalue weighted by Gasteiger charge is -2.16. The summed E-state index contributed by atoms with van der Waals surface area (Å²) in [5, 5.41) is 20.3. The van der Waals surface area contributed by atoms with Crippen molar-refractivity contribution >= 4 is 24.2 Å². The van der Waals surface area contributed by atoms with Gasteiger partial charge in [0, 0.05) is 6.20 Å². The standard InChI is InChI=1S/C17H19N3O6.ClH/c18-12-6-7-20(17(24)19-12)16-15(23)14(22)11(26-16)9-25-13(21)8-10-4-2-1-3-5-10;/h1-7,11,14-16,22-23H,8-9H2,(H2,18,19,24);1H/t11-,14-,15+,16-;/m1./s1. The predicted octanol–water partition coefficient (Wildman–Crippen LogP) is -0.348. The Balaban J connectivity index is 0.00000261. The van der Waals surface area contributed by atoms with Crippen LogP contribution in [-0.2, 0) is 20.7 Å². The van der Waals surface area contributed by atoms with Crippen molar-refractivity contribution in [1.82, 2.24) is 9.55 Å². The Labute approximate surface area is 160 Å². The Morgan fingerprint density at radius 1 is 1.22 bits per heavy atom. The first-order chi connectivity index (χ1) is 12.5. The van der Waals surface area contributed by atoms with Crippen molar-refractivity contribution < 1.29 is 24.5 Å². The Kier molecular flexibility index (Phi) is 6.92. The lowest BCUT2D eigenvalue weighted by atomic mass is 10.1. The molecule has 0 amide bonds. The molecule has 4 N–H and O–H groups in total. The van der Waals surface area contributed by atoms with Gasteiger partial charge in [-0.2, -0.15) is 4.98 Å². The van der Waals surface area contributed by atoms with E-state index in [1.807, 2.05) is 18.2 Å². The normalized spacial score (nSPS) is 24.2. The van der Waals surface area contributed by atoms with Gasteiger partial charge in [0.1, 0.15) is 30.7 Å². The summed E-state index contributed by atoms with van der Waals surface area (Å²) >= 11 is 0. The van der Waals surface area contributed by atoms with E-state index in [2.05, 4.69) is 4.98 Å². The van der Waals surface area contributed by atoms with Crippen LogP contribution < -0.4 is 11.4 Å². The van der Waals surface area contributed by atoms with E-state index in [-0.39, 0.29) is 31.3 Å². The number of hydrogen-bond acceptors (Lipinski definition) is 8. The molecule has 1 aliphatic rings. The fourth-order valence-electron chi connectivity index (χ4n) is 2.70. The zero-order valence-electron chi connectivity index (χ0n) is 14.2. The number of nitrogen functional groups attached to an aromatic ring is 1. The number of nitrogens with zero attached hydrogens (tertiary/aromatic N) is 2. The van der Waals surface area contributed by atoms with Gasteiger partial charge in [-0.05, 0) is 11.6 Å². The Morgan fingerprint density at radius 3 is 2.59 bits per heavy atom. The molecule has 9 nitrogen and oxygen atoms in total. The van der Waals surface area contributed by atoms with Crippen molar-refractivity contribution in [1.29, 1.82) is 0 Å². The monoisotopic (exact) mass is 397 g/mol. The number of aliphatic hydroxyl groups is 2. The number of aliphatic hydroxyl groups excluding tert-OH is 2. The molecule has 1 fully saturated rings.